The van der Waals surface area contributed by atoms with Gasteiger partial charge in [-0.25, -0.2) is 0 Å². The lowest BCUT2D eigenvalue weighted by atomic mass is 10.1. The number of rotatable bonds is 3. The van der Waals surface area contributed by atoms with Gasteiger partial charge in [0, 0.05) is 6.42 Å². The van der Waals surface area contributed by atoms with Gasteiger partial charge in [0.25, 0.3) is 0 Å². The van der Waals surface area contributed by atoms with Gasteiger partial charge in [-0.05, 0) is 40.3 Å². The van der Waals surface area contributed by atoms with Crippen LogP contribution < -0.4 is 0 Å². The van der Waals surface area contributed by atoms with Crippen molar-refractivity contribution in [2.75, 3.05) is 0 Å². The van der Waals surface area contributed by atoms with Crippen molar-refractivity contribution in [3.63, 3.8) is 0 Å². The first-order chi connectivity index (χ1) is 9.81. The van der Waals surface area contributed by atoms with Gasteiger partial charge in [0.1, 0.15) is 11.8 Å². The van der Waals surface area contributed by atoms with Crippen LogP contribution in [0.2, 0.25) is 0 Å². The van der Waals surface area contributed by atoms with Gasteiger partial charge in [0.15, 0.2) is 9.60 Å². The molecule has 0 spiro atoms. The minimum absolute atomic E-state index is 0.0507. The normalized spacial score (nSPS) is 20.2. The van der Waals surface area contributed by atoms with Crippen LogP contribution in [0.1, 0.15) is 23.8 Å². The lowest BCUT2D eigenvalue weighted by Crippen LogP contribution is -1.95. The van der Waals surface area contributed by atoms with Crippen LogP contribution in [0.4, 0.5) is 0 Å². The average Bonchev–Trinajstić information content (AvgIpc) is 3.09. The van der Waals surface area contributed by atoms with E-state index in [9.17, 15) is 0 Å². The van der Waals surface area contributed by atoms with E-state index >= 15 is 0 Å². The van der Waals surface area contributed by atoms with E-state index in [4.69, 9.17) is 4.42 Å². The van der Waals surface area contributed by atoms with E-state index < -0.39 is 0 Å². The minimum atomic E-state index is 0.0507. The van der Waals surface area contributed by atoms with Gasteiger partial charge in [-0.3, -0.25) is 0 Å². The lowest BCUT2D eigenvalue weighted by Gasteiger charge is -2.02. The summed E-state index contributed by atoms with van der Waals surface area (Å²) < 4.78 is 6.17. The fraction of sp³-hybridized carbons (Fsp3) is 0.143. The topological polar surface area (TPSA) is 62.6 Å². The van der Waals surface area contributed by atoms with Gasteiger partial charge in [-0.2, -0.15) is 10.2 Å². The molecule has 0 radical (unpaired) electrons. The van der Waals surface area contributed by atoms with Crippen molar-refractivity contribution < 1.29 is 4.42 Å². The molecule has 1 aliphatic rings. The van der Waals surface area contributed by atoms with Gasteiger partial charge >= 0.3 is 0 Å². The maximum Gasteiger partial charge on any atom is 0.175 e. The van der Waals surface area contributed by atoms with Crippen LogP contribution in [0.25, 0.3) is 0 Å². The zero-order valence-corrected chi connectivity index (χ0v) is 12.6. The first-order valence-corrected chi connectivity index (χ1v) is 7.20. The molecule has 0 bridgehead atoms. The SMILES string of the molecule is Ic1ccc(/C=N\N=C2/C[C@@H](c3ccccc3)N=N2)o1. The van der Waals surface area contributed by atoms with Crippen molar-refractivity contribution in [3.05, 3.63) is 57.6 Å². The molecule has 0 saturated carbocycles. The fourth-order valence-corrected chi connectivity index (χ4v) is 2.30. The maximum atomic E-state index is 5.35. The summed E-state index contributed by atoms with van der Waals surface area (Å²) in [5, 5.41) is 16.3. The zero-order chi connectivity index (χ0) is 13.8. The number of amidine groups is 1. The Morgan fingerprint density at radius 1 is 1.20 bits per heavy atom. The Kier molecular flexibility index (Phi) is 4.00. The largest absolute Gasteiger partial charge is 0.449 e. The molecule has 2 heterocycles. The molecule has 5 nitrogen and oxygen atoms in total. The number of azo groups is 1. The number of nitrogens with zero attached hydrogens (tertiary/aromatic N) is 4. The molecule has 1 atom stereocenters. The number of hydrogen-bond donors (Lipinski definition) is 0. The Hall–Kier alpha value is -1.83. The summed E-state index contributed by atoms with van der Waals surface area (Å²) in [6.45, 7) is 0. The molecular weight excluding hydrogens is 367 g/mol. The van der Waals surface area contributed by atoms with Gasteiger partial charge in [0.05, 0.1) is 6.21 Å². The Bertz CT molecular complexity index is 675. The highest BCUT2D eigenvalue weighted by atomic mass is 127. The highest BCUT2D eigenvalue weighted by Gasteiger charge is 2.19. The van der Waals surface area contributed by atoms with Crippen LogP contribution >= 0.6 is 22.6 Å². The van der Waals surface area contributed by atoms with Gasteiger partial charge in [-0.1, -0.05) is 30.3 Å². The molecule has 0 amide bonds. The third-order valence-electron chi connectivity index (χ3n) is 2.82. The third kappa shape index (κ3) is 3.19. The molecule has 1 aromatic carbocycles. The lowest BCUT2D eigenvalue weighted by molar-refractivity contribution is 0.531. The number of hydrogen-bond acceptors (Lipinski definition) is 4. The van der Waals surface area contributed by atoms with E-state index in [-0.39, 0.29) is 6.04 Å². The van der Waals surface area contributed by atoms with Gasteiger partial charge in [0.2, 0.25) is 0 Å². The maximum absolute atomic E-state index is 5.35. The molecule has 20 heavy (non-hydrogen) atoms. The van der Waals surface area contributed by atoms with Crippen molar-refractivity contribution in [2.45, 2.75) is 12.5 Å². The summed E-state index contributed by atoms with van der Waals surface area (Å²) >= 11 is 2.10. The molecule has 3 rings (SSSR count). The van der Waals surface area contributed by atoms with E-state index in [2.05, 4.69) is 43.0 Å². The molecular formula is C14H11IN4O. The van der Waals surface area contributed by atoms with Crippen LogP contribution in [-0.4, -0.2) is 12.1 Å². The van der Waals surface area contributed by atoms with E-state index in [1.807, 2.05) is 42.5 Å². The second-order valence-corrected chi connectivity index (χ2v) is 5.31. The van der Waals surface area contributed by atoms with Gasteiger partial charge < -0.3 is 4.42 Å². The number of halogens is 1. The predicted octanol–water partition coefficient (Wildman–Crippen LogP) is 4.21. The summed E-state index contributed by atoms with van der Waals surface area (Å²) in [7, 11) is 0. The average molecular weight is 378 g/mol. The Labute approximate surface area is 129 Å². The monoisotopic (exact) mass is 378 g/mol. The van der Waals surface area contributed by atoms with Crippen molar-refractivity contribution >= 4 is 34.6 Å². The van der Waals surface area contributed by atoms with E-state index in [1.54, 1.807) is 6.21 Å². The quantitative estimate of drug-likeness (QED) is 0.448. The van der Waals surface area contributed by atoms with Gasteiger partial charge in [-0.15, -0.1) is 10.2 Å². The molecule has 0 N–H and O–H groups in total. The first kappa shape index (κ1) is 13.2. The second-order valence-electron chi connectivity index (χ2n) is 4.25. The molecule has 6 heteroatoms. The van der Waals surface area contributed by atoms with Crippen LogP contribution in [-0.2, 0) is 0 Å². The number of benzene rings is 1. The summed E-state index contributed by atoms with van der Waals surface area (Å²) in [4.78, 5) is 0. The van der Waals surface area contributed by atoms with Crippen molar-refractivity contribution in [1.82, 2.24) is 0 Å². The van der Waals surface area contributed by atoms with Crippen molar-refractivity contribution in [3.8, 4) is 0 Å². The fourth-order valence-electron chi connectivity index (χ4n) is 1.86. The van der Waals surface area contributed by atoms with Crippen LogP contribution in [0, 0.1) is 3.77 Å². The van der Waals surface area contributed by atoms with E-state index in [0.717, 1.165) is 9.33 Å². The highest BCUT2D eigenvalue weighted by molar-refractivity contribution is 14.1. The molecule has 0 saturated heterocycles. The first-order valence-electron chi connectivity index (χ1n) is 6.12. The molecule has 100 valence electrons. The molecule has 0 unspecified atom stereocenters. The zero-order valence-electron chi connectivity index (χ0n) is 10.5. The summed E-state index contributed by atoms with van der Waals surface area (Å²) in [5.74, 6) is 1.31. The summed E-state index contributed by atoms with van der Waals surface area (Å²) in [6, 6.07) is 13.8. The van der Waals surface area contributed by atoms with Crippen molar-refractivity contribution in [2.24, 2.45) is 20.4 Å². The van der Waals surface area contributed by atoms with Crippen LogP contribution in [0.5, 0.6) is 0 Å². The molecule has 1 aliphatic heterocycles. The molecule has 0 aliphatic carbocycles. The Balaban J connectivity index is 1.64. The Morgan fingerprint density at radius 3 is 2.80 bits per heavy atom. The summed E-state index contributed by atoms with van der Waals surface area (Å²) in [5.41, 5.74) is 1.14. The van der Waals surface area contributed by atoms with Crippen molar-refractivity contribution in [1.29, 1.82) is 0 Å². The van der Waals surface area contributed by atoms with E-state index in [0.29, 0.717) is 18.0 Å². The van der Waals surface area contributed by atoms with Crippen LogP contribution in [0.3, 0.4) is 0 Å². The predicted molar refractivity (Wildman–Crippen MR) is 85.1 cm³/mol. The summed E-state index contributed by atoms with van der Waals surface area (Å²) in [6.07, 6.45) is 2.25. The highest BCUT2D eigenvalue weighted by Crippen LogP contribution is 2.27. The van der Waals surface area contributed by atoms with E-state index in [1.165, 1.54) is 0 Å². The smallest absolute Gasteiger partial charge is 0.175 e. The number of furan rings is 1. The molecule has 1 aromatic heterocycles. The van der Waals surface area contributed by atoms with Crippen LogP contribution in [0.15, 0.2) is 67.3 Å². The third-order valence-corrected chi connectivity index (χ3v) is 3.40. The second kappa shape index (κ2) is 6.08. The standard InChI is InChI=1S/C14H11IN4O/c15-13-7-6-11(20-13)9-16-18-14-8-12(17-19-14)10-4-2-1-3-5-10/h1-7,9,12H,8H2/b16-9-,18-14+/t12-/m0/s1. The molecule has 0 fully saturated rings. The minimum Gasteiger partial charge on any atom is -0.449 e. The molecule has 2 aromatic rings. The Morgan fingerprint density at radius 2 is 2.05 bits per heavy atom.